The Morgan fingerprint density at radius 3 is 2.27 bits per heavy atom. The number of phenols is 1. The van der Waals surface area contributed by atoms with E-state index in [9.17, 15) is 24.6 Å². The van der Waals surface area contributed by atoms with Crippen molar-refractivity contribution in [2.45, 2.75) is 85.5 Å². The molecule has 0 spiro atoms. The molecule has 0 unspecified atom stereocenters. The number of hydrogen-bond donors (Lipinski definition) is 3. The van der Waals surface area contributed by atoms with Gasteiger partial charge in [-0.25, -0.2) is 4.79 Å². The fourth-order valence-electron chi connectivity index (χ4n) is 3.39. The summed E-state index contributed by atoms with van der Waals surface area (Å²) in [5.41, 5.74) is 2.72. The highest BCUT2D eigenvalue weighted by Gasteiger charge is 2.25. The molecule has 0 saturated carbocycles. The van der Waals surface area contributed by atoms with E-state index in [0.717, 1.165) is 37.7 Å². The van der Waals surface area contributed by atoms with Gasteiger partial charge in [-0.05, 0) is 64.5 Å². The number of aliphatic carboxylic acids is 1. The number of rotatable bonds is 14. The SMILES string of the molecule is CCCCCc1cc(O)c(C/C=C(\C)CCC=C(C)C)c(OC(=O)CCC(=O)O)c1C(=O)O. The number of benzene rings is 1. The first-order chi connectivity index (χ1) is 15.6. The highest BCUT2D eigenvalue weighted by Crippen LogP contribution is 2.37. The molecule has 0 heterocycles. The number of ether oxygens (including phenoxy) is 1. The maximum Gasteiger partial charge on any atom is 0.339 e. The van der Waals surface area contributed by atoms with Crippen LogP contribution < -0.4 is 4.74 Å². The van der Waals surface area contributed by atoms with Gasteiger partial charge in [0.2, 0.25) is 0 Å². The lowest BCUT2D eigenvalue weighted by molar-refractivity contribution is -0.142. The van der Waals surface area contributed by atoms with Gasteiger partial charge in [0.05, 0.1) is 12.8 Å². The van der Waals surface area contributed by atoms with Gasteiger partial charge in [0.1, 0.15) is 11.3 Å². The van der Waals surface area contributed by atoms with E-state index in [0.29, 0.717) is 12.0 Å². The molecule has 0 radical (unpaired) electrons. The fourth-order valence-corrected chi connectivity index (χ4v) is 3.39. The van der Waals surface area contributed by atoms with Crippen LogP contribution in [0, 0.1) is 0 Å². The Morgan fingerprint density at radius 2 is 1.70 bits per heavy atom. The van der Waals surface area contributed by atoms with Gasteiger partial charge in [-0.2, -0.15) is 0 Å². The van der Waals surface area contributed by atoms with Crippen LogP contribution in [0.1, 0.15) is 94.1 Å². The summed E-state index contributed by atoms with van der Waals surface area (Å²) < 4.78 is 5.38. The van der Waals surface area contributed by atoms with Crippen LogP contribution in [0.15, 0.2) is 29.4 Å². The van der Waals surface area contributed by atoms with Crippen LogP contribution in [0.5, 0.6) is 11.5 Å². The summed E-state index contributed by atoms with van der Waals surface area (Å²) in [6.07, 6.45) is 8.01. The molecule has 0 aliphatic rings. The summed E-state index contributed by atoms with van der Waals surface area (Å²) in [6.45, 7) is 8.03. The molecular weight excluding hydrogens is 424 g/mol. The van der Waals surface area contributed by atoms with Crippen molar-refractivity contribution < 1.29 is 34.4 Å². The number of aromatic hydroxyl groups is 1. The van der Waals surface area contributed by atoms with Crippen LogP contribution in [-0.4, -0.2) is 33.2 Å². The van der Waals surface area contributed by atoms with Gasteiger partial charge in [-0.1, -0.05) is 43.1 Å². The summed E-state index contributed by atoms with van der Waals surface area (Å²) in [5, 5.41) is 29.4. The van der Waals surface area contributed by atoms with Gasteiger partial charge < -0.3 is 20.1 Å². The van der Waals surface area contributed by atoms with E-state index in [1.54, 1.807) is 0 Å². The quantitative estimate of drug-likeness (QED) is 0.138. The number of carboxylic acids is 2. The van der Waals surface area contributed by atoms with E-state index in [1.807, 2.05) is 33.8 Å². The van der Waals surface area contributed by atoms with E-state index in [-0.39, 0.29) is 29.0 Å². The first-order valence-electron chi connectivity index (χ1n) is 11.4. The highest BCUT2D eigenvalue weighted by atomic mass is 16.5. The average molecular weight is 461 g/mol. The zero-order valence-corrected chi connectivity index (χ0v) is 20.1. The van der Waals surface area contributed by atoms with Crippen molar-refractivity contribution in [3.05, 3.63) is 46.1 Å². The zero-order valence-electron chi connectivity index (χ0n) is 20.1. The lowest BCUT2D eigenvalue weighted by Crippen LogP contribution is -2.16. The predicted octanol–water partition coefficient (Wildman–Crippen LogP) is 5.83. The van der Waals surface area contributed by atoms with Crippen LogP contribution in [-0.2, 0) is 22.4 Å². The number of aryl methyl sites for hydroxylation is 1. The third-order valence-electron chi connectivity index (χ3n) is 5.21. The largest absolute Gasteiger partial charge is 0.508 e. The maximum atomic E-state index is 12.3. The van der Waals surface area contributed by atoms with Crippen molar-refractivity contribution >= 4 is 17.9 Å². The molecule has 0 amide bonds. The highest BCUT2D eigenvalue weighted by molar-refractivity contribution is 5.95. The molecule has 0 bridgehead atoms. The Hall–Kier alpha value is -3.09. The van der Waals surface area contributed by atoms with E-state index in [2.05, 4.69) is 6.08 Å². The van der Waals surface area contributed by atoms with Gasteiger partial charge in [0, 0.05) is 5.56 Å². The van der Waals surface area contributed by atoms with Gasteiger partial charge in [-0.15, -0.1) is 0 Å². The van der Waals surface area contributed by atoms with E-state index >= 15 is 0 Å². The van der Waals surface area contributed by atoms with Crippen molar-refractivity contribution in [1.82, 2.24) is 0 Å². The zero-order chi connectivity index (χ0) is 25.0. The molecule has 1 aromatic carbocycles. The topological polar surface area (TPSA) is 121 Å². The maximum absolute atomic E-state index is 12.3. The monoisotopic (exact) mass is 460 g/mol. The Morgan fingerprint density at radius 1 is 1.00 bits per heavy atom. The smallest absolute Gasteiger partial charge is 0.339 e. The third kappa shape index (κ3) is 9.93. The average Bonchev–Trinajstić information content (AvgIpc) is 2.71. The van der Waals surface area contributed by atoms with Crippen LogP contribution in [0.2, 0.25) is 0 Å². The molecule has 0 aliphatic carbocycles. The van der Waals surface area contributed by atoms with Gasteiger partial charge in [0.15, 0.2) is 5.75 Å². The molecular formula is C26H36O7. The third-order valence-corrected chi connectivity index (χ3v) is 5.21. The number of aromatic carboxylic acids is 1. The van der Waals surface area contributed by atoms with Crippen LogP contribution >= 0.6 is 0 Å². The standard InChI is InChI=1S/C26H36O7/c1-5-6-7-11-19-16-21(27)20(13-12-18(4)10-8-9-17(2)3)25(24(19)26(31)32)33-23(30)15-14-22(28)29/h9,12,16,27H,5-8,10-11,13-15H2,1-4H3,(H,28,29)(H,31,32)/b18-12+. The number of allylic oxidation sites excluding steroid dienone is 4. The van der Waals surface area contributed by atoms with Crippen molar-refractivity contribution in [3.63, 3.8) is 0 Å². The van der Waals surface area contributed by atoms with Crippen LogP contribution in [0.25, 0.3) is 0 Å². The molecule has 0 atom stereocenters. The summed E-state index contributed by atoms with van der Waals surface area (Å²) in [6, 6.07) is 1.44. The lowest BCUT2D eigenvalue weighted by atomic mass is 9.94. The van der Waals surface area contributed by atoms with E-state index in [1.165, 1.54) is 11.6 Å². The number of carbonyl (C=O) groups excluding carboxylic acids is 1. The molecule has 182 valence electrons. The number of unbranched alkanes of at least 4 members (excludes halogenated alkanes) is 2. The number of carboxylic acid groups (broad SMARTS) is 2. The van der Waals surface area contributed by atoms with Crippen molar-refractivity contribution in [1.29, 1.82) is 0 Å². The van der Waals surface area contributed by atoms with Crippen molar-refractivity contribution in [3.8, 4) is 11.5 Å². The summed E-state index contributed by atoms with van der Waals surface area (Å²) in [4.78, 5) is 35.2. The Bertz CT molecular complexity index is 906. The second-order valence-corrected chi connectivity index (χ2v) is 8.44. The summed E-state index contributed by atoms with van der Waals surface area (Å²) >= 11 is 0. The first kappa shape index (κ1) is 27.9. The molecule has 0 aromatic heterocycles. The molecule has 0 fully saturated rings. The minimum Gasteiger partial charge on any atom is -0.508 e. The molecule has 1 rings (SSSR count). The Labute approximate surface area is 195 Å². The molecule has 1 aromatic rings. The van der Waals surface area contributed by atoms with Crippen LogP contribution in [0.4, 0.5) is 0 Å². The van der Waals surface area contributed by atoms with Crippen LogP contribution in [0.3, 0.4) is 0 Å². The normalized spacial score (nSPS) is 11.2. The number of esters is 1. The van der Waals surface area contributed by atoms with Crippen molar-refractivity contribution in [2.75, 3.05) is 0 Å². The number of phenolic OH excluding ortho intramolecular Hbond substituents is 1. The van der Waals surface area contributed by atoms with E-state index in [4.69, 9.17) is 9.84 Å². The molecule has 0 saturated heterocycles. The fraction of sp³-hybridized carbons (Fsp3) is 0.500. The van der Waals surface area contributed by atoms with Gasteiger partial charge in [-0.3, -0.25) is 9.59 Å². The molecule has 33 heavy (non-hydrogen) atoms. The second kappa shape index (κ2) is 14.1. The Balaban J connectivity index is 3.37. The second-order valence-electron chi connectivity index (χ2n) is 8.44. The summed E-state index contributed by atoms with van der Waals surface area (Å²) in [7, 11) is 0. The molecule has 7 heteroatoms. The van der Waals surface area contributed by atoms with Crippen molar-refractivity contribution in [2.24, 2.45) is 0 Å². The van der Waals surface area contributed by atoms with Gasteiger partial charge in [0.25, 0.3) is 0 Å². The molecule has 3 N–H and O–H groups in total. The van der Waals surface area contributed by atoms with Gasteiger partial charge >= 0.3 is 17.9 Å². The lowest BCUT2D eigenvalue weighted by Gasteiger charge is -2.17. The molecule has 0 aliphatic heterocycles. The predicted molar refractivity (Wildman–Crippen MR) is 127 cm³/mol. The number of hydrogen-bond acceptors (Lipinski definition) is 5. The minimum absolute atomic E-state index is 0.138. The Kier molecular flexibility index (Phi) is 12.0. The number of carbonyl (C=O) groups is 3. The summed E-state index contributed by atoms with van der Waals surface area (Å²) in [5.74, 6) is -3.60. The van der Waals surface area contributed by atoms with E-state index < -0.39 is 30.7 Å². The first-order valence-corrected chi connectivity index (χ1v) is 11.4. The minimum atomic E-state index is -1.26. The molecule has 7 nitrogen and oxygen atoms in total.